The number of aromatic hydroxyl groups is 1. The Hall–Kier alpha value is -1.64. The van der Waals surface area contributed by atoms with Crippen molar-refractivity contribution in [2.45, 2.75) is 13.3 Å². The molecule has 0 amide bonds. The fourth-order valence-electron chi connectivity index (χ4n) is 1.00. The van der Waals surface area contributed by atoms with Gasteiger partial charge in [-0.3, -0.25) is 0 Å². The average molecular weight is 178 g/mol. The van der Waals surface area contributed by atoms with Gasteiger partial charge in [0.2, 0.25) is 0 Å². The number of hydrogen-bond donors (Lipinski definition) is 3. The number of benzene rings is 1. The number of phenolic OH excluding ortho intramolecular Hbond substituents is 1. The molecule has 0 saturated heterocycles. The molecule has 13 heavy (non-hydrogen) atoms. The molecule has 70 valence electrons. The van der Waals surface area contributed by atoms with Crippen LogP contribution in [0.25, 0.3) is 0 Å². The SMILES string of the molecule is CC(N)=C(N)Cc1ccccc1O. The maximum absolute atomic E-state index is 9.42. The summed E-state index contributed by atoms with van der Waals surface area (Å²) in [5.74, 6) is 0.256. The molecule has 0 unspecified atom stereocenters. The number of nitrogens with two attached hydrogens (primary N) is 2. The van der Waals surface area contributed by atoms with E-state index < -0.39 is 0 Å². The van der Waals surface area contributed by atoms with Crippen LogP contribution in [-0.2, 0) is 6.42 Å². The molecule has 0 aliphatic carbocycles. The Labute approximate surface area is 77.7 Å². The molecule has 0 aromatic heterocycles. The molecule has 3 heteroatoms. The van der Waals surface area contributed by atoms with Crippen molar-refractivity contribution in [2.24, 2.45) is 11.5 Å². The Morgan fingerprint density at radius 2 is 1.92 bits per heavy atom. The van der Waals surface area contributed by atoms with Gasteiger partial charge in [0.15, 0.2) is 0 Å². The zero-order valence-corrected chi connectivity index (χ0v) is 7.62. The minimum absolute atomic E-state index is 0.256. The summed E-state index contributed by atoms with van der Waals surface area (Å²) in [4.78, 5) is 0. The Morgan fingerprint density at radius 1 is 1.31 bits per heavy atom. The van der Waals surface area contributed by atoms with Crippen LogP contribution in [0.15, 0.2) is 35.7 Å². The van der Waals surface area contributed by atoms with Crippen molar-refractivity contribution in [3.8, 4) is 5.75 Å². The quantitative estimate of drug-likeness (QED) is 0.634. The standard InChI is InChI=1S/C10H14N2O/c1-7(11)9(12)6-8-4-2-3-5-10(8)13/h2-5,13H,6,11-12H2,1H3. The third-order valence-electron chi connectivity index (χ3n) is 1.88. The first-order chi connectivity index (χ1) is 6.11. The van der Waals surface area contributed by atoms with Gasteiger partial charge in [0.25, 0.3) is 0 Å². The Kier molecular flexibility index (Phi) is 2.80. The van der Waals surface area contributed by atoms with Crippen LogP contribution in [0.5, 0.6) is 5.75 Å². The van der Waals surface area contributed by atoms with E-state index >= 15 is 0 Å². The summed E-state index contributed by atoms with van der Waals surface area (Å²) in [6, 6.07) is 7.09. The Bertz CT molecular complexity index is 327. The van der Waals surface area contributed by atoms with E-state index in [0.717, 1.165) is 5.56 Å². The summed E-state index contributed by atoms with van der Waals surface area (Å²) in [5, 5.41) is 9.42. The van der Waals surface area contributed by atoms with Gasteiger partial charge in [-0.25, -0.2) is 0 Å². The number of allylic oxidation sites excluding steroid dienone is 2. The molecule has 0 aliphatic heterocycles. The first-order valence-electron chi connectivity index (χ1n) is 4.09. The molecule has 0 saturated carbocycles. The van der Waals surface area contributed by atoms with Crippen molar-refractivity contribution in [1.82, 2.24) is 0 Å². The van der Waals surface area contributed by atoms with Crippen LogP contribution < -0.4 is 11.5 Å². The minimum atomic E-state index is 0.256. The van der Waals surface area contributed by atoms with Crippen LogP contribution in [0, 0.1) is 0 Å². The van der Waals surface area contributed by atoms with Crippen molar-refractivity contribution in [2.75, 3.05) is 0 Å². The maximum atomic E-state index is 9.42. The zero-order valence-electron chi connectivity index (χ0n) is 7.62. The highest BCUT2D eigenvalue weighted by atomic mass is 16.3. The van der Waals surface area contributed by atoms with Gasteiger partial charge < -0.3 is 16.6 Å². The molecule has 0 fully saturated rings. The molecule has 5 N–H and O–H groups in total. The van der Waals surface area contributed by atoms with Gasteiger partial charge in [-0.1, -0.05) is 18.2 Å². The van der Waals surface area contributed by atoms with Gasteiger partial charge in [0.1, 0.15) is 5.75 Å². The Morgan fingerprint density at radius 3 is 2.46 bits per heavy atom. The Balaban J connectivity index is 2.87. The third-order valence-corrected chi connectivity index (χ3v) is 1.88. The first kappa shape index (κ1) is 9.45. The lowest BCUT2D eigenvalue weighted by Gasteiger charge is -2.05. The average Bonchev–Trinajstić information content (AvgIpc) is 2.08. The van der Waals surface area contributed by atoms with E-state index in [1.807, 2.05) is 12.1 Å². The molecule has 3 nitrogen and oxygen atoms in total. The number of phenols is 1. The number of para-hydroxylation sites is 1. The van der Waals surface area contributed by atoms with Gasteiger partial charge in [-0.05, 0) is 18.6 Å². The molecule has 0 atom stereocenters. The number of hydrogen-bond acceptors (Lipinski definition) is 3. The smallest absolute Gasteiger partial charge is 0.119 e. The highest BCUT2D eigenvalue weighted by Crippen LogP contribution is 2.17. The van der Waals surface area contributed by atoms with Crippen molar-refractivity contribution < 1.29 is 5.11 Å². The van der Waals surface area contributed by atoms with Crippen molar-refractivity contribution in [3.63, 3.8) is 0 Å². The van der Waals surface area contributed by atoms with E-state index in [4.69, 9.17) is 11.5 Å². The van der Waals surface area contributed by atoms with E-state index in [0.29, 0.717) is 17.8 Å². The van der Waals surface area contributed by atoms with Crippen LogP contribution in [-0.4, -0.2) is 5.11 Å². The monoisotopic (exact) mass is 178 g/mol. The molecular formula is C10H14N2O. The molecule has 0 spiro atoms. The molecule has 1 aromatic carbocycles. The van der Waals surface area contributed by atoms with Gasteiger partial charge in [-0.2, -0.15) is 0 Å². The molecule has 0 bridgehead atoms. The second-order valence-corrected chi connectivity index (χ2v) is 3.01. The van der Waals surface area contributed by atoms with Crippen LogP contribution in [0.1, 0.15) is 12.5 Å². The predicted octanol–water partition coefficient (Wildman–Crippen LogP) is 1.08. The van der Waals surface area contributed by atoms with Crippen molar-refractivity contribution >= 4 is 0 Å². The van der Waals surface area contributed by atoms with Crippen LogP contribution in [0.3, 0.4) is 0 Å². The maximum Gasteiger partial charge on any atom is 0.119 e. The van der Waals surface area contributed by atoms with Crippen molar-refractivity contribution in [3.05, 3.63) is 41.2 Å². The van der Waals surface area contributed by atoms with E-state index in [9.17, 15) is 5.11 Å². The fourth-order valence-corrected chi connectivity index (χ4v) is 1.00. The summed E-state index contributed by atoms with van der Waals surface area (Å²) in [6.45, 7) is 1.75. The summed E-state index contributed by atoms with van der Waals surface area (Å²) < 4.78 is 0. The van der Waals surface area contributed by atoms with E-state index in [1.54, 1.807) is 19.1 Å². The normalized spacial score (nSPS) is 12.4. The summed E-state index contributed by atoms with van der Waals surface area (Å²) in [5.41, 5.74) is 13.2. The molecule has 0 aliphatic rings. The first-order valence-corrected chi connectivity index (χ1v) is 4.09. The highest BCUT2D eigenvalue weighted by molar-refractivity contribution is 5.35. The fraction of sp³-hybridized carbons (Fsp3) is 0.200. The lowest BCUT2D eigenvalue weighted by molar-refractivity contribution is 0.469. The lowest BCUT2D eigenvalue weighted by Crippen LogP contribution is -2.09. The highest BCUT2D eigenvalue weighted by Gasteiger charge is 2.01. The van der Waals surface area contributed by atoms with Crippen LogP contribution in [0.4, 0.5) is 0 Å². The molecule has 1 rings (SSSR count). The molecular weight excluding hydrogens is 164 g/mol. The predicted molar refractivity (Wildman–Crippen MR) is 52.9 cm³/mol. The topological polar surface area (TPSA) is 72.3 Å². The lowest BCUT2D eigenvalue weighted by atomic mass is 10.1. The summed E-state index contributed by atoms with van der Waals surface area (Å²) in [7, 11) is 0. The molecule has 1 aromatic rings. The van der Waals surface area contributed by atoms with E-state index in [2.05, 4.69) is 0 Å². The number of rotatable bonds is 2. The van der Waals surface area contributed by atoms with Gasteiger partial charge in [-0.15, -0.1) is 0 Å². The van der Waals surface area contributed by atoms with Crippen molar-refractivity contribution in [1.29, 1.82) is 0 Å². The largest absolute Gasteiger partial charge is 0.508 e. The second-order valence-electron chi connectivity index (χ2n) is 3.01. The molecule has 0 radical (unpaired) electrons. The third kappa shape index (κ3) is 2.40. The van der Waals surface area contributed by atoms with E-state index in [1.165, 1.54) is 0 Å². The summed E-state index contributed by atoms with van der Waals surface area (Å²) >= 11 is 0. The minimum Gasteiger partial charge on any atom is -0.508 e. The van der Waals surface area contributed by atoms with E-state index in [-0.39, 0.29) is 5.75 Å². The molecule has 0 heterocycles. The zero-order chi connectivity index (χ0) is 9.84. The van der Waals surface area contributed by atoms with Crippen LogP contribution >= 0.6 is 0 Å². The van der Waals surface area contributed by atoms with Crippen LogP contribution in [0.2, 0.25) is 0 Å². The van der Waals surface area contributed by atoms with Gasteiger partial charge >= 0.3 is 0 Å². The summed E-state index contributed by atoms with van der Waals surface area (Å²) in [6.07, 6.45) is 0.495. The van der Waals surface area contributed by atoms with Gasteiger partial charge in [0, 0.05) is 17.8 Å². The van der Waals surface area contributed by atoms with Gasteiger partial charge in [0.05, 0.1) is 0 Å². The second kappa shape index (κ2) is 3.85.